The van der Waals surface area contributed by atoms with E-state index in [4.69, 9.17) is 0 Å². The van der Waals surface area contributed by atoms with Crippen LogP contribution in [0.4, 0.5) is 0 Å². The highest BCUT2D eigenvalue weighted by molar-refractivity contribution is 6.00. The van der Waals surface area contributed by atoms with Crippen molar-refractivity contribution in [3.63, 3.8) is 0 Å². The van der Waals surface area contributed by atoms with Gasteiger partial charge in [0.1, 0.15) is 11.9 Å². The molecule has 2 aliphatic rings. The third kappa shape index (κ3) is 5.70. The lowest BCUT2D eigenvalue weighted by molar-refractivity contribution is -0.119. The first-order valence-corrected chi connectivity index (χ1v) is 14.3. The van der Waals surface area contributed by atoms with Gasteiger partial charge in [0.15, 0.2) is 5.78 Å². The van der Waals surface area contributed by atoms with Crippen LogP contribution in [-0.4, -0.2) is 72.6 Å². The molecule has 0 fully saturated rings. The Bertz CT molecular complexity index is 1550. The first-order valence-electron chi connectivity index (χ1n) is 14.3. The SMILES string of the molecule is CC(C)(C1=C/C(=C\O)C(O)C(CO)=C1)c1ccc(C(C)(C2=CC(CO)C(=O)C(CO)=C2)c2cc(CO)c(O)c(CO)c2)cc1. The highest BCUT2D eigenvalue weighted by Crippen LogP contribution is 2.45. The van der Waals surface area contributed by atoms with Gasteiger partial charge in [-0.3, -0.25) is 4.79 Å². The molecule has 3 unspecified atom stereocenters. The van der Waals surface area contributed by atoms with E-state index in [1.165, 1.54) is 0 Å². The van der Waals surface area contributed by atoms with Gasteiger partial charge in [-0.25, -0.2) is 0 Å². The molecule has 8 N–H and O–H groups in total. The fraction of sp³-hybridized carbons (Fsp3) is 0.343. The lowest BCUT2D eigenvalue weighted by Crippen LogP contribution is -2.32. The summed E-state index contributed by atoms with van der Waals surface area (Å²) in [5.41, 5.74) is 3.09. The average Bonchev–Trinajstić information content (AvgIpc) is 3.04. The lowest BCUT2D eigenvalue weighted by Gasteiger charge is -2.37. The maximum atomic E-state index is 12.8. The molecule has 0 heterocycles. The Labute approximate surface area is 256 Å². The molecule has 0 bridgehead atoms. The van der Waals surface area contributed by atoms with Crippen molar-refractivity contribution in [2.24, 2.45) is 5.92 Å². The van der Waals surface area contributed by atoms with Crippen LogP contribution >= 0.6 is 0 Å². The van der Waals surface area contributed by atoms with Gasteiger partial charge in [-0.05, 0) is 64.6 Å². The molecule has 2 aliphatic carbocycles. The molecule has 3 atom stereocenters. The summed E-state index contributed by atoms with van der Waals surface area (Å²) in [4.78, 5) is 12.8. The van der Waals surface area contributed by atoms with Crippen molar-refractivity contribution in [1.29, 1.82) is 0 Å². The number of hydrogen-bond donors (Lipinski definition) is 8. The normalized spacial score (nSPS) is 21.4. The van der Waals surface area contributed by atoms with Crippen LogP contribution in [0.3, 0.4) is 0 Å². The standard InChI is InChI=1S/C35H40O9/c1-34(2,28-8-20(14-36)31(42)21(9-28)15-37)26-4-6-27(7-5-26)35(3,29-10-22(16-38)32(43)23(11-29)17-39)30-12-24(18-40)33(44)25(13-30)19-41/h4-14,22,31,36-42,44H,15-19H2,1-3H3/b20-14+. The van der Waals surface area contributed by atoms with E-state index in [9.17, 15) is 45.6 Å². The van der Waals surface area contributed by atoms with Crippen molar-refractivity contribution in [2.75, 3.05) is 19.8 Å². The van der Waals surface area contributed by atoms with Crippen LogP contribution in [0.1, 0.15) is 48.6 Å². The van der Waals surface area contributed by atoms with Crippen LogP contribution < -0.4 is 0 Å². The molecule has 2 aromatic carbocycles. The molecule has 234 valence electrons. The second-order valence-electron chi connectivity index (χ2n) is 11.9. The summed E-state index contributed by atoms with van der Waals surface area (Å²) in [5, 5.41) is 80.5. The molecule has 4 rings (SSSR count). The van der Waals surface area contributed by atoms with Gasteiger partial charge in [0.25, 0.3) is 0 Å². The number of carbonyl (C=O) groups is 1. The van der Waals surface area contributed by atoms with Gasteiger partial charge in [0, 0.05) is 33.1 Å². The van der Waals surface area contributed by atoms with Gasteiger partial charge >= 0.3 is 0 Å². The van der Waals surface area contributed by atoms with Crippen molar-refractivity contribution in [3.8, 4) is 5.75 Å². The van der Waals surface area contributed by atoms with Crippen LogP contribution in [0.25, 0.3) is 0 Å². The molecular formula is C35H40O9. The van der Waals surface area contributed by atoms with Crippen LogP contribution in [-0.2, 0) is 28.8 Å². The van der Waals surface area contributed by atoms with Crippen LogP contribution in [0.5, 0.6) is 5.75 Å². The van der Waals surface area contributed by atoms with E-state index in [1.54, 1.807) is 36.4 Å². The molecule has 0 amide bonds. The van der Waals surface area contributed by atoms with Crippen LogP contribution in [0, 0.1) is 5.92 Å². The predicted molar refractivity (Wildman–Crippen MR) is 165 cm³/mol. The van der Waals surface area contributed by atoms with Crippen molar-refractivity contribution < 1.29 is 45.6 Å². The minimum Gasteiger partial charge on any atom is -0.515 e. The summed E-state index contributed by atoms with van der Waals surface area (Å²) >= 11 is 0. The van der Waals surface area contributed by atoms with Crippen LogP contribution in [0.15, 0.2) is 94.8 Å². The Hall–Kier alpha value is -3.83. The minimum atomic E-state index is -1.11. The lowest BCUT2D eigenvalue weighted by atomic mass is 9.66. The number of hydrogen-bond acceptors (Lipinski definition) is 9. The van der Waals surface area contributed by atoms with E-state index < -0.39 is 49.3 Å². The number of carbonyl (C=O) groups excluding carboxylic acids is 1. The highest BCUT2D eigenvalue weighted by Gasteiger charge is 2.38. The quantitative estimate of drug-likeness (QED) is 0.189. The molecule has 0 spiro atoms. The molecule has 9 heteroatoms. The van der Waals surface area contributed by atoms with Gasteiger partial charge in [-0.15, -0.1) is 0 Å². The van der Waals surface area contributed by atoms with Crippen molar-refractivity contribution in [2.45, 2.75) is 50.9 Å². The number of allylic oxidation sites excluding steroid dienone is 4. The molecule has 0 aliphatic heterocycles. The fourth-order valence-electron chi connectivity index (χ4n) is 5.98. The average molecular weight is 605 g/mol. The van der Waals surface area contributed by atoms with Crippen molar-refractivity contribution in [1.82, 2.24) is 0 Å². The Morgan fingerprint density at radius 2 is 1.36 bits per heavy atom. The van der Waals surface area contributed by atoms with Gasteiger partial charge in [-0.2, -0.15) is 0 Å². The number of Topliss-reactive ketones (excluding diaryl/α,β-unsaturated/α-hetero) is 1. The summed E-state index contributed by atoms with van der Waals surface area (Å²) in [5.74, 6) is -1.48. The summed E-state index contributed by atoms with van der Waals surface area (Å²) < 4.78 is 0. The number of rotatable bonds is 10. The van der Waals surface area contributed by atoms with Crippen molar-refractivity contribution in [3.05, 3.63) is 123 Å². The predicted octanol–water partition coefficient (Wildman–Crippen LogP) is 2.66. The maximum Gasteiger partial charge on any atom is 0.170 e. The zero-order chi connectivity index (χ0) is 32.4. The van der Waals surface area contributed by atoms with Gasteiger partial charge in [0.2, 0.25) is 0 Å². The second-order valence-corrected chi connectivity index (χ2v) is 11.9. The maximum absolute atomic E-state index is 12.8. The topological polar surface area (TPSA) is 179 Å². The number of phenols is 1. The number of ketones is 1. The third-order valence-electron chi connectivity index (χ3n) is 9.06. The highest BCUT2D eigenvalue weighted by atomic mass is 16.3. The Kier molecular flexibility index (Phi) is 9.80. The molecule has 0 saturated heterocycles. The van der Waals surface area contributed by atoms with E-state index in [-0.39, 0.29) is 40.4 Å². The monoisotopic (exact) mass is 604 g/mol. The van der Waals surface area contributed by atoms with Gasteiger partial charge in [0.05, 0.1) is 45.2 Å². The molecule has 0 aromatic heterocycles. The Morgan fingerprint density at radius 3 is 1.86 bits per heavy atom. The van der Waals surface area contributed by atoms with Crippen LogP contribution in [0.2, 0.25) is 0 Å². The smallest absolute Gasteiger partial charge is 0.170 e. The first-order chi connectivity index (χ1) is 20.9. The number of benzene rings is 2. The second kappa shape index (κ2) is 13.0. The van der Waals surface area contributed by atoms with Gasteiger partial charge < -0.3 is 40.9 Å². The van der Waals surface area contributed by atoms with E-state index in [0.717, 1.165) is 23.0 Å². The van der Waals surface area contributed by atoms with E-state index in [2.05, 4.69) is 0 Å². The minimum absolute atomic E-state index is 0.139. The zero-order valence-electron chi connectivity index (χ0n) is 25.0. The van der Waals surface area contributed by atoms with Gasteiger partial charge in [-0.1, -0.05) is 50.3 Å². The Balaban J connectivity index is 1.91. The van der Waals surface area contributed by atoms with E-state index in [1.807, 2.05) is 45.0 Å². The number of aliphatic hydroxyl groups excluding tert-OH is 7. The third-order valence-corrected chi connectivity index (χ3v) is 9.06. The first kappa shape index (κ1) is 33.1. The summed E-state index contributed by atoms with van der Waals surface area (Å²) in [6.45, 7) is 3.52. The Morgan fingerprint density at radius 1 is 0.773 bits per heavy atom. The van der Waals surface area contributed by atoms with Crippen molar-refractivity contribution >= 4 is 5.78 Å². The fourth-order valence-corrected chi connectivity index (χ4v) is 5.98. The summed E-state index contributed by atoms with van der Waals surface area (Å²) in [6.07, 6.45) is 6.38. The molecule has 2 aromatic rings. The van der Waals surface area contributed by atoms with E-state index >= 15 is 0 Å². The van der Waals surface area contributed by atoms with E-state index in [0.29, 0.717) is 16.7 Å². The summed E-state index contributed by atoms with van der Waals surface area (Å²) in [7, 11) is 0. The zero-order valence-corrected chi connectivity index (χ0v) is 25.0. The molecule has 9 nitrogen and oxygen atoms in total. The molecule has 44 heavy (non-hydrogen) atoms. The summed E-state index contributed by atoms with van der Waals surface area (Å²) in [6, 6.07) is 10.9. The number of aliphatic hydroxyl groups is 7. The largest absolute Gasteiger partial charge is 0.515 e. The molecule has 0 saturated carbocycles. The molecule has 0 radical (unpaired) electrons. The molecular weight excluding hydrogens is 564 g/mol. The number of aromatic hydroxyl groups is 1.